The maximum atomic E-state index is 13.9. The smallest absolute Gasteiger partial charge is 0.450 e. The summed E-state index contributed by atoms with van der Waals surface area (Å²) < 4.78 is 66.8. The minimum Gasteiger partial charge on any atom is -0.493 e. The van der Waals surface area contributed by atoms with Gasteiger partial charge in [-0.15, -0.1) is 0 Å². The predicted molar refractivity (Wildman–Crippen MR) is 108 cm³/mol. The molecule has 0 N–H and O–H groups in total. The quantitative estimate of drug-likeness (QED) is 0.512. The second kappa shape index (κ2) is 8.81. The Bertz CT molecular complexity index is 1210. The molecule has 0 aliphatic heterocycles. The average molecular weight is 452 g/mol. The molecule has 0 saturated heterocycles. The van der Waals surface area contributed by atoms with Gasteiger partial charge in [0.25, 0.3) is 0 Å². The number of hydrogen-bond donors (Lipinski definition) is 0. The maximum Gasteiger partial charge on any atom is 0.450 e. The number of fused-ring (bicyclic) bond motifs is 1. The third-order valence-electron chi connectivity index (χ3n) is 4.64. The minimum atomic E-state index is -4.97. The van der Waals surface area contributed by atoms with E-state index in [1.807, 2.05) is 0 Å². The summed E-state index contributed by atoms with van der Waals surface area (Å²) in [4.78, 5) is 24.6. The van der Waals surface area contributed by atoms with Crippen molar-refractivity contribution in [1.29, 1.82) is 0 Å². The molecule has 3 aromatic rings. The van der Waals surface area contributed by atoms with Crippen molar-refractivity contribution in [3.8, 4) is 28.4 Å². The van der Waals surface area contributed by atoms with Gasteiger partial charge in [0, 0.05) is 6.07 Å². The van der Waals surface area contributed by atoms with Crippen LogP contribution in [0.5, 0.6) is 17.2 Å². The lowest BCUT2D eigenvalue weighted by Gasteiger charge is -2.16. The van der Waals surface area contributed by atoms with E-state index in [0.717, 1.165) is 6.07 Å². The van der Waals surface area contributed by atoms with Gasteiger partial charge >= 0.3 is 12.1 Å². The molecule has 0 fully saturated rings. The SMILES string of the molecule is COC(=O)C(C)Oc1ccc2c(=O)c(-c3ccc(OC)c(OC)c3)c(C(F)(F)F)oc2c1. The highest BCUT2D eigenvalue weighted by Gasteiger charge is 2.39. The number of halogens is 3. The Morgan fingerprint density at radius 2 is 1.69 bits per heavy atom. The summed E-state index contributed by atoms with van der Waals surface area (Å²) in [5, 5.41) is -0.0964. The number of hydrogen-bond acceptors (Lipinski definition) is 7. The fraction of sp³-hybridized carbons (Fsp3) is 0.273. The summed E-state index contributed by atoms with van der Waals surface area (Å²) in [6.07, 6.45) is -5.98. The molecule has 3 rings (SSSR count). The summed E-state index contributed by atoms with van der Waals surface area (Å²) in [6.45, 7) is 1.41. The lowest BCUT2D eigenvalue weighted by Crippen LogP contribution is -2.24. The molecule has 0 radical (unpaired) electrons. The van der Waals surface area contributed by atoms with Gasteiger partial charge in [-0.2, -0.15) is 13.2 Å². The van der Waals surface area contributed by atoms with Crippen LogP contribution < -0.4 is 19.6 Å². The van der Waals surface area contributed by atoms with Gasteiger partial charge in [-0.25, -0.2) is 4.79 Å². The van der Waals surface area contributed by atoms with E-state index in [1.165, 1.54) is 58.6 Å². The van der Waals surface area contributed by atoms with Crippen LogP contribution in [0.3, 0.4) is 0 Å². The van der Waals surface area contributed by atoms with E-state index in [4.69, 9.17) is 18.6 Å². The Kier molecular flexibility index (Phi) is 6.33. The highest BCUT2D eigenvalue weighted by molar-refractivity contribution is 5.84. The largest absolute Gasteiger partial charge is 0.493 e. The molecule has 1 unspecified atom stereocenters. The summed E-state index contributed by atoms with van der Waals surface area (Å²) in [5.74, 6) is -1.67. The number of carbonyl (C=O) groups excluding carboxylic acids is 1. The van der Waals surface area contributed by atoms with Crippen molar-refractivity contribution in [3.05, 3.63) is 52.4 Å². The van der Waals surface area contributed by atoms with Gasteiger partial charge in [-0.1, -0.05) is 6.07 Å². The van der Waals surface area contributed by atoms with Gasteiger partial charge in [0.15, 0.2) is 17.6 Å². The van der Waals surface area contributed by atoms with Crippen molar-refractivity contribution in [3.63, 3.8) is 0 Å². The maximum absolute atomic E-state index is 13.9. The predicted octanol–water partition coefficient (Wildman–Crippen LogP) is 4.44. The second-order valence-electron chi connectivity index (χ2n) is 6.64. The molecule has 1 aromatic heterocycles. The van der Waals surface area contributed by atoms with Crippen LogP contribution in [0.1, 0.15) is 12.7 Å². The first-order valence-corrected chi connectivity index (χ1v) is 9.25. The first-order chi connectivity index (χ1) is 15.1. The van der Waals surface area contributed by atoms with Gasteiger partial charge in [0.05, 0.1) is 32.3 Å². The van der Waals surface area contributed by atoms with E-state index in [2.05, 4.69) is 4.74 Å². The molecule has 0 amide bonds. The number of benzene rings is 2. The lowest BCUT2D eigenvalue weighted by atomic mass is 10.0. The van der Waals surface area contributed by atoms with Crippen LogP contribution in [0.25, 0.3) is 22.1 Å². The molecule has 0 aliphatic carbocycles. The highest BCUT2D eigenvalue weighted by Crippen LogP contribution is 2.40. The Balaban J connectivity index is 2.22. The number of ether oxygens (including phenoxy) is 4. The summed E-state index contributed by atoms with van der Waals surface area (Å²) in [6, 6.07) is 7.70. The molecule has 170 valence electrons. The molecular weight excluding hydrogens is 433 g/mol. The Morgan fingerprint density at radius 1 is 1.00 bits per heavy atom. The standard InChI is InChI=1S/C22H19F3O7/c1-11(21(27)30-4)31-13-6-7-14-16(10-13)32-20(22(23,24)25)18(19(14)26)12-5-8-15(28-2)17(9-12)29-3/h5-11H,1-4H3. The summed E-state index contributed by atoms with van der Waals surface area (Å²) >= 11 is 0. The van der Waals surface area contributed by atoms with E-state index in [9.17, 15) is 22.8 Å². The van der Waals surface area contributed by atoms with Gasteiger partial charge in [0.1, 0.15) is 11.3 Å². The van der Waals surface area contributed by atoms with Gasteiger partial charge in [-0.05, 0) is 36.8 Å². The zero-order valence-electron chi connectivity index (χ0n) is 17.5. The zero-order valence-corrected chi connectivity index (χ0v) is 17.5. The monoisotopic (exact) mass is 452 g/mol. The third-order valence-corrected chi connectivity index (χ3v) is 4.64. The molecule has 10 heteroatoms. The van der Waals surface area contributed by atoms with Crippen LogP contribution >= 0.6 is 0 Å². The van der Waals surface area contributed by atoms with Crippen molar-refractivity contribution < 1.29 is 41.3 Å². The van der Waals surface area contributed by atoms with Crippen LogP contribution in [0, 0.1) is 0 Å². The van der Waals surface area contributed by atoms with E-state index in [1.54, 1.807) is 0 Å². The molecule has 2 aromatic carbocycles. The van der Waals surface area contributed by atoms with Crippen LogP contribution in [-0.4, -0.2) is 33.4 Å². The van der Waals surface area contributed by atoms with Crippen LogP contribution in [0.4, 0.5) is 13.2 Å². The van der Waals surface area contributed by atoms with Gasteiger partial charge in [0.2, 0.25) is 11.2 Å². The normalized spacial score (nSPS) is 12.3. The molecule has 0 bridgehead atoms. The Morgan fingerprint density at radius 3 is 2.28 bits per heavy atom. The van der Waals surface area contributed by atoms with Gasteiger partial charge in [-0.3, -0.25) is 4.79 Å². The molecule has 7 nitrogen and oxygen atoms in total. The van der Waals surface area contributed by atoms with Crippen LogP contribution in [0.2, 0.25) is 0 Å². The molecule has 0 saturated carbocycles. The number of methoxy groups -OCH3 is 3. The number of rotatable bonds is 6. The van der Waals surface area contributed by atoms with Crippen LogP contribution in [0.15, 0.2) is 45.6 Å². The van der Waals surface area contributed by atoms with Gasteiger partial charge < -0.3 is 23.4 Å². The molecular formula is C22H19F3O7. The van der Waals surface area contributed by atoms with Crippen molar-refractivity contribution in [2.75, 3.05) is 21.3 Å². The Labute approximate surface area is 180 Å². The first-order valence-electron chi connectivity index (χ1n) is 9.25. The molecule has 0 aliphatic rings. The number of carbonyl (C=O) groups is 1. The lowest BCUT2D eigenvalue weighted by molar-refractivity contribution is -0.152. The first kappa shape index (κ1) is 23.0. The Hall–Kier alpha value is -3.69. The van der Waals surface area contributed by atoms with E-state index < -0.39 is 35.0 Å². The van der Waals surface area contributed by atoms with Crippen molar-refractivity contribution >= 4 is 16.9 Å². The third kappa shape index (κ3) is 4.34. The number of alkyl halides is 3. The summed E-state index contributed by atoms with van der Waals surface area (Å²) in [5.41, 5.74) is -1.95. The molecule has 1 heterocycles. The zero-order chi connectivity index (χ0) is 23.6. The van der Waals surface area contributed by atoms with Crippen molar-refractivity contribution in [2.45, 2.75) is 19.2 Å². The fourth-order valence-corrected chi connectivity index (χ4v) is 3.12. The number of esters is 1. The molecule has 32 heavy (non-hydrogen) atoms. The summed E-state index contributed by atoms with van der Waals surface area (Å²) in [7, 11) is 3.88. The van der Waals surface area contributed by atoms with E-state index in [0.29, 0.717) is 0 Å². The van der Waals surface area contributed by atoms with E-state index in [-0.39, 0.29) is 33.8 Å². The van der Waals surface area contributed by atoms with Crippen molar-refractivity contribution in [2.24, 2.45) is 0 Å². The topological polar surface area (TPSA) is 84.2 Å². The van der Waals surface area contributed by atoms with E-state index >= 15 is 0 Å². The highest BCUT2D eigenvalue weighted by atomic mass is 19.4. The fourth-order valence-electron chi connectivity index (χ4n) is 3.12. The average Bonchev–Trinajstić information content (AvgIpc) is 2.77. The minimum absolute atomic E-state index is 0.0329. The van der Waals surface area contributed by atoms with Crippen molar-refractivity contribution in [1.82, 2.24) is 0 Å². The van der Waals surface area contributed by atoms with Crippen LogP contribution in [-0.2, 0) is 15.7 Å². The second-order valence-corrected chi connectivity index (χ2v) is 6.64. The molecule has 0 spiro atoms. The molecule has 1 atom stereocenters.